The molecule has 1 aromatic rings. The van der Waals surface area contributed by atoms with Gasteiger partial charge in [0.15, 0.2) is 0 Å². The van der Waals surface area contributed by atoms with E-state index in [1.165, 1.54) is 6.42 Å². The van der Waals surface area contributed by atoms with Gasteiger partial charge in [-0.25, -0.2) is 0 Å². The van der Waals surface area contributed by atoms with Crippen molar-refractivity contribution in [2.75, 3.05) is 13.7 Å². The van der Waals surface area contributed by atoms with Gasteiger partial charge in [-0.05, 0) is 48.3 Å². The number of ether oxygens (including phenoxy) is 2. The first kappa shape index (κ1) is 16.3. The maximum atomic E-state index is 6.26. The summed E-state index contributed by atoms with van der Waals surface area (Å²) in [5.41, 5.74) is 7.70. The summed E-state index contributed by atoms with van der Waals surface area (Å²) in [6.07, 6.45) is 3.89. The molecule has 3 atom stereocenters. The lowest BCUT2D eigenvalue weighted by Crippen LogP contribution is -2.34. The summed E-state index contributed by atoms with van der Waals surface area (Å²) < 4.78 is 11.4. The van der Waals surface area contributed by atoms with Crippen molar-refractivity contribution >= 4 is 0 Å². The number of hydrogen-bond acceptors (Lipinski definition) is 3. The van der Waals surface area contributed by atoms with Gasteiger partial charge in [0.05, 0.1) is 25.9 Å². The fraction of sp³-hybridized carbons (Fsp3) is 0.667. The van der Waals surface area contributed by atoms with Crippen molar-refractivity contribution in [3.8, 4) is 5.75 Å². The van der Waals surface area contributed by atoms with Crippen molar-refractivity contribution in [1.29, 1.82) is 0 Å². The second-order valence-corrected chi connectivity index (χ2v) is 7.25. The van der Waals surface area contributed by atoms with Crippen molar-refractivity contribution in [3.05, 3.63) is 29.8 Å². The van der Waals surface area contributed by atoms with Gasteiger partial charge in [-0.3, -0.25) is 0 Å². The molecule has 21 heavy (non-hydrogen) atoms. The number of rotatable bonds is 5. The summed E-state index contributed by atoms with van der Waals surface area (Å²) in [5.74, 6) is 1.57. The van der Waals surface area contributed by atoms with Crippen LogP contribution in [-0.4, -0.2) is 19.8 Å². The first-order valence-electron chi connectivity index (χ1n) is 7.91. The van der Waals surface area contributed by atoms with Gasteiger partial charge in [0.25, 0.3) is 0 Å². The third kappa shape index (κ3) is 4.72. The first-order chi connectivity index (χ1) is 9.89. The Bertz CT molecular complexity index is 458. The molecule has 3 nitrogen and oxygen atoms in total. The molecule has 0 aliphatic heterocycles. The Morgan fingerprint density at radius 1 is 1.33 bits per heavy atom. The van der Waals surface area contributed by atoms with Crippen LogP contribution in [-0.2, 0) is 4.74 Å². The summed E-state index contributed by atoms with van der Waals surface area (Å²) in [6, 6.07) is 7.83. The molecule has 0 spiro atoms. The normalized spacial score (nSPS) is 26.3. The van der Waals surface area contributed by atoms with Crippen LogP contribution in [0.4, 0.5) is 0 Å². The quantitative estimate of drug-likeness (QED) is 0.894. The van der Waals surface area contributed by atoms with Gasteiger partial charge < -0.3 is 15.2 Å². The minimum absolute atomic E-state index is 0.0968. The van der Waals surface area contributed by atoms with Crippen LogP contribution in [0.1, 0.15) is 51.6 Å². The van der Waals surface area contributed by atoms with Crippen LogP contribution >= 0.6 is 0 Å². The minimum Gasteiger partial charge on any atom is -0.497 e. The highest BCUT2D eigenvalue weighted by atomic mass is 16.5. The van der Waals surface area contributed by atoms with Crippen molar-refractivity contribution in [2.45, 2.75) is 52.2 Å². The predicted molar refractivity (Wildman–Crippen MR) is 86.5 cm³/mol. The Labute approximate surface area is 128 Å². The summed E-state index contributed by atoms with van der Waals surface area (Å²) in [7, 11) is 1.67. The number of benzene rings is 1. The standard InChI is InChI=1S/C18H29NO2/c1-13-8-16(11-18(2,3)10-13)21-12-17(19)14-6-5-7-15(9-14)20-4/h5-7,9,13,16-17H,8,10-12,19H2,1-4H3. The second-order valence-electron chi connectivity index (χ2n) is 7.25. The van der Waals surface area contributed by atoms with Gasteiger partial charge in [-0.1, -0.05) is 32.9 Å². The van der Waals surface area contributed by atoms with Gasteiger partial charge in [0, 0.05) is 0 Å². The Hall–Kier alpha value is -1.06. The SMILES string of the molecule is COc1cccc(C(N)COC2CC(C)CC(C)(C)C2)c1. The fourth-order valence-electron chi connectivity index (χ4n) is 3.59. The highest BCUT2D eigenvalue weighted by molar-refractivity contribution is 5.30. The van der Waals surface area contributed by atoms with Crippen molar-refractivity contribution in [3.63, 3.8) is 0 Å². The van der Waals surface area contributed by atoms with E-state index in [-0.39, 0.29) is 6.04 Å². The molecular weight excluding hydrogens is 262 g/mol. The van der Waals surface area contributed by atoms with E-state index in [4.69, 9.17) is 15.2 Å². The van der Waals surface area contributed by atoms with Crippen LogP contribution in [0.2, 0.25) is 0 Å². The molecule has 2 N–H and O–H groups in total. The molecule has 0 heterocycles. The predicted octanol–water partition coefficient (Wildman–Crippen LogP) is 3.93. The van der Waals surface area contributed by atoms with Crippen molar-refractivity contribution < 1.29 is 9.47 Å². The van der Waals surface area contributed by atoms with Crippen LogP contribution in [0.25, 0.3) is 0 Å². The molecule has 0 radical (unpaired) electrons. The molecule has 1 aromatic carbocycles. The second kappa shape index (κ2) is 6.80. The molecule has 0 aromatic heterocycles. The summed E-state index contributed by atoms with van der Waals surface area (Å²) >= 11 is 0. The molecular formula is C18H29NO2. The van der Waals surface area contributed by atoms with E-state index in [0.29, 0.717) is 18.1 Å². The minimum atomic E-state index is -0.0968. The molecule has 1 aliphatic rings. The highest BCUT2D eigenvalue weighted by Gasteiger charge is 2.32. The Balaban J connectivity index is 1.89. The van der Waals surface area contributed by atoms with E-state index in [1.54, 1.807) is 7.11 Å². The molecule has 1 saturated carbocycles. The van der Waals surface area contributed by atoms with Gasteiger partial charge in [-0.15, -0.1) is 0 Å². The summed E-state index contributed by atoms with van der Waals surface area (Å²) in [5, 5.41) is 0. The lowest BCUT2D eigenvalue weighted by molar-refractivity contribution is -0.0278. The van der Waals surface area contributed by atoms with Crippen LogP contribution < -0.4 is 10.5 Å². The zero-order chi connectivity index (χ0) is 15.5. The lowest BCUT2D eigenvalue weighted by Gasteiger charge is -2.39. The van der Waals surface area contributed by atoms with Crippen LogP contribution in [0, 0.1) is 11.3 Å². The molecule has 118 valence electrons. The maximum absolute atomic E-state index is 6.26. The van der Waals surface area contributed by atoms with E-state index in [0.717, 1.165) is 30.1 Å². The van der Waals surface area contributed by atoms with Crippen LogP contribution in [0.15, 0.2) is 24.3 Å². The van der Waals surface area contributed by atoms with Gasteiger partial charge in [0.2, 0.25) is 0 Å². The zero-order valence-corrected chi connectivity index (χ0v) is 13.8. The molecule has 0 amide bonds. The maximum Gasteiger partial charge on any atom is 0.119 e. The third-order valence-corrected chi connectivity index (χ3v) is 4.38. The third-order valence-electron chi connectivity index (χ3n) is 4.38. The lowest BCUT2D eigenvalue weighted by atomic mass is 9.71. The average molecular weight is 291 g/mol. The summed E-state index contributed by atoms with van der Waals surface area (Å²) in [6.45, 7) is 7.56. The zero-order valence-electron chi connectivity index (χ0n) is 13.8. The summed E-state index contributed by atoms with van der Waals surface area (Å²) in [4.78, 5) is 0. The number of nitrogens with two attached hydrogens (primary N) is 1. The first-order valence-corrected chi connectivity index (χ1v) is 7.91. The molecule has 1 aliphatic carbocycles. The van der Waals surface area contributed by atoms with Gasteiger partial charge in [0.1, 0.15) is 5.75 Å². The molecule has 0 saturated heterocycles. The molecule has 3 heteroatoms. The largest absolute Gasteiger partial charge is 0.497 e. The number of hydrogen-bond donors (Lipinski definition) is 1. The van der Waals surface area contributed by atoms with Gasteiger partial charge >= 0.3 is 0 Å². The molecule has 2 rings (SSSR count). The molecule has 0 bridgehead atoms. The Morgan fingerprint density at radius 2 is 2.10 bits per heavy atom. The van der Waals surface area contributed by atoms with Crippen LogP contribution in [0.5, 0.6) is 5.75 Å². The van der Waals surface area contributed by atoms with Crippen LogP contribution in [0.3, 0.4) is 0 Å². The smallest absolute Gasteiger partial charge is 0.119 e. The number of methoxy groups -OCH3 is 1. The molecule has 1 fully saturated rings. The Kier molecular flexibility index (Phi) is 5.28. The van der Waals surface area contributed by atoms with Crippen molar-refractivity contribution in [2.24, 2.45) is 17.1 Å². The Morgan fingerprint density at radius 3 is 2.76 bits per heavy atom. The van der Waals surface area contributed by atoms with Gasteiger partial charge in [-0.2, -0.15) is 0 Å². The highest BCUT2D eigenvalue weighted by Crippen LogP contribution is 2.39. The van der Waals surface area contributed by atoms with E-state index in [2.05, 4.69) is 20.8 Å². The fourth-order valence-corrected chi connectivity index (χ4v) is 3.59. The van der Waals surface area contributed by atoms with E-state index >= 15 is 0 Å². The average Bonchev–Trinajstić information content (AvgIpc) is 2.42. The topological polar surface area (TPSA) is 44.5 Å². The van der Waals surface area contributed by atoms with E-state index in [9.17, 15) is 0 Å². The van der Waals surface area contributed by atoms with E-state index < -0.39 is 0 Å². The molecule has 3 unspecified atom stereocenters. The van der Waals surface area contributed by atoms with Crippen molar-refractivity contribution in [1.82, 2.24) is 0 Å². The van der Waals surface area contributed by atoms with E-state index in [1.807, 2.05) is 24.3 Å². The monoisotopic (exact) mass is 291 g/mol.